The summed E-state index contributed by atoms with van der Waals surface area (Å²) in [7, 11) is 0. The van der Waals surface area contributed by atoms with Gasteiger partial charge in [-0.15, -0.1) is 0 Å². The third-order valence-corrected chi connectivity index (χ3v) is 5.00. The average molecular weight is 389 g/mol. The van der Waals surface area contributed by atoms with Crippen LogP contribution in [0.25, 0.3) is 0 Å². The van der Waals surface area contributed by atoms with E-state index in [4.69, 9.17) is 16.3 Å². The molecule has 2 saturated heterocycles. The fraction of sp³-hybridized carbons (Fsp3) is 0.529. The van der Waals surface area contributed by atoms with E-state index in [2.05, 4.69) is 0 Å². The molecule has 1 aromatic carbocycles. The summed E-state index contributed by atoms with van der Waals surface area (Å²) >= 11 is 5.80. The minimum absolute atomic E-state index is 0.165. The second-order valence-electron chi connectivity index (χ2n) is 6.52. The summed E-state index contributed by atoms with van der Waals surface area (Å²) in [6.45, 7) is 0.320. The average Bonchev–Trinajstić information content (AvgIpc) is 2.79. The van der Waals surface area contributed by atoms with Crippen LogP contribution in [0.15, 0.2) is 24.3 Å². The maximum Gasteiger partial charge on any atom is 0.410 e. The van der Waals surface area contributed by atoms with Crippen molar-refractivity contribution in [1.82, 2.24) is 9.80 Å². The molecule has 3 rings (SSSR count). The molecule has 1 aromatic rings. The topological polar surface area (TPSA) is 70.1 Å². The van der Waals surface area contributed by atoms with Crippen molar-refractivity contribution < 1.29 is 28.2 Å². The van der Waals surface area contributed by atoms with Crippen LogP contribution in [0.1, 0.15) is 30.9 Å². The molecular weight excluding hydrogens is 370 g/mol. The van der Waals surface area contributed by atoms with Gasteiger partial charge in [0.25, 0.3) is 5.92 Å². The van der Waals surface area contributed by atoms with Crippen molar-refractivity contribution >= 4 is 23.8 Å². The summed E-state index contributed by atoms with van der Waals surface area (Å²) in [5, 5.41) is 9.90. The van der Waals surface area contributed by atoms with Crippen LogP contribution < -0.4 is 0 Å². The van der Waals surface area contributed by atoms with Gasteiger partial charge in [0.15, 0.2) is 0 Å². The minimum atomic E-state index is -3.35. The number of likely N-dealkylation sites (tertiary alicyclic amines) is 1. The molecule has 2 fully saturated rings. The van der Waals surface area contributed by atoms with E-state index in [1.54, 1.807) is 0 Å². The number of ether oxygens (including phenoxy) is 1. The number of halogens is 3. The number of carbonyl (C=O) groups is 2. The number of hydrogen-bond acceptors (Lipinski definition) is 3. The Bertz CT molecular complexity index is 686. The Balaban J connectivity index is 1.91. The van der Waals surface area contributed by atoms with Gasteiger partial charge >= 0.3 is 12.2 Å². The highest BCUT2D eigenvalue weighted by atomic mass is 35.5. The molecule has 6 nitrogen and oxygen atoms in total. The van der Waals surface area contributed by atoms with E-state index in [1.165, 1.54) is 29.2 Å². The lowest BCUT2D eigenvalue weighted by Gasteiger charge is -2.45. The molecule has 0 aromatic heterocycles. The van der Waals surface area contributed by atoms with Gasteiger partial charge in [-0.3, -0.25) is 4.90 Å². The molecule has 0 aliphatic carbocycles. The molecule has 2 amide bonds. The number of hydrogen-bond donors (Lipinski definition) is 1. The summed E-state index contributed by atoms with van der Waals surface area (Å²) < 4.78 is 35.0. The molecule has 2 aliphatic rings. The van der Waals surface area contributed by atoms with Gasteiger partial charge in [0.2, 0.25) is 0 Å². The third-order valence-electron chi connectivity index (χ3n) is 4.75. The van der Waals surface area contributed by atoms with Crippen molar-refractivity contribution in [3.05, 3.63) is 34.9 Å². The molecule has 1 unspecified atom stereocenters. The van der Waals surface area contributed by atoms with Crippen LogP contribution in [0.3, 0.4) is 0 Å². The van der Waals surface area contributed by atoms with E-state index in [1.807, 2.05) is 0 Å². The van der Waals surface area contributed by atoms with Gasteiger partial charge < -0.3 is 14.7 Å². The first-order valence-electron chi connectivity index (χ1n) is 8.36. The van der Waals surface area contributed by atoms with Crippen molar-refractivity contribution in [2.45, 2.75) is 37.3 Å². The van der Waals surface area contributed by atoms with Crippen molar-refractivity contribution in [1.29, 1.82) is 0 Å². The quantitative estimate of drug-likeness (QED) is 0.831. The van der Waals surface area contributed by atoms with Crippen molar-refractivity contribution in [2.75, 3.05) is 19.7 Å². The van der Waals surface area contributed by atoms with Gasteiger partial charge in [0.05, 0.1) is 12.6 Å². The lowest BCUT2D eigenvalue weighted by atomic mass is 9.88. The molecule has 9 heteroatoms. The highest BCUT2D eigenvalue weighted by molar-refractivity contribution is 6.30. The summed E-state index contributed by atoms with van der Waals surface area (Å²) in [4.78, 5) is 25.7. The molecular formula is C17H19ClF2N2O4. The van der Waals surface area contributed by atoms with E-state index in [0.29, 0.717) is 22.8 Å². The fourth-order valence-electron chi connectivity index (χ4n) is 3.57. The maximum absolute atomic E-state index is 15.0. The molecule has 0 bridgehead atoms. The summed E-state index contributed by atoms with van der Waals surface area (Å²) in [6, 6.07) is 3.14. The number of nitrogens with zero attached hydrogens (tertiary/aromatic N) is 2. The second-order valence-corrected chi connectivity index (χ2v) is 6.96. The molecule has 0 saturated carbocycles. The molecule has 2 atom stereocenters. The van der Waals surface area contributed by atoms with Crippen LogP contribution in [0.4, 0.5) is 18.4 Å². The van der Waals surface area contributed by atoms with E-state index in [0.717, 1.165) is 0 Å². The van der Waals surface area contributed by atoms with Crippen LogP contribution in [0.5, 0.6) is 0 Å². The Labute approximate surface area is 154 Å². The zero-order chi connectivity index (χ0) is 18.9. The summed E-state index contributed by atoms with van der Waals surface area (Å²) in [6.07, 6.45) is -1.47. The van der Waals surface area contributed by atoms with Crippen molar-refractivity contribution in [2.24, 2.45) is 0 Å². The monoisotopic (exact) mass is 388 g/mol. The molecule has 26 heavy (non-hydrogen) atoms. The van der Waals surface area contributed by atoms with Gasteiger partial charge in [-0.1, -0.05) is 23.7 Å². The van der Waals surface area contributed by atoms with Crippen molar-refractivity contribution in [3.8, 4) is 0 Å². The Morgan fingerprint density at radius 1 is 1.27 bits per heavy atom. The number of piperidine rings is 1. The molecule has 2 heterocycles. The van der Waals surface area contributed by atoms with Gasteiger partial charge in [0.1, 0.15) is 6.04 Å². The number of carbonyl (C=O) groups excluding carboxylic acids is 1. The molecule has 1 N–H and O–H groups in total. The SMILES string of the molecule is O=C(O)N1C[C@H](N2CCCCOC2=O)CC(F)(F)C1c1ccc(Cl)cc1. The third kappa shape index (κ3) is 3.70. The van der Waals surface area contributed by atoms with E-state index in [9.17, 15) is 23.5 Å². The van der Waals surface area contributed by atoms with E-state index < -0.39 is 36.6 Å². The predicted molar refractivity (Wildman–Crippen MR) is 89.6 cm³/mol. The van der Waals surface area contributed by atoms with E-state index >= 15 is 0 Å². The Kier molecular flexibility index (Phi) is 5.22. The Hall–Kier alpha value is -2.09. The number of rotatable bonds is 2. The maximum atomic E-state index is 15.0. The molecule has 0 radical (unpaired) electrons. The van der Waals surface area contributed by atoms with Gasteiger partial charge in [0, 0.05) is 24.5 Å². The van der Waals surface area contributed by atoms with Crippen molar-refractivity contribution in [3.63, 3.8) is 0 Å². The predicted octanol–water partition coefficient (Wildman–Crippen LogP) is 4.00. The zero-order valence-electron chi connectivity index (χ0n) is 13.9. The lowest BCUT2D eigenvalue weighted by Crippen LogP contribution is -2.59. The van der Waals surface area contributed by atoms with Crippen LogP contribution in [0, 0.1) is 0 Å². The largest absolute Gasteiger partial charge is 0.465 e. The highest BCUT2D eigenvalue weighted by Crippen LogP contribution is 2.44. The molecule has 142 valence electrons. The normalized spacial score (nSPS) is 26.2. The Morgan fingerprint density at radius 3 is 2.62 bits per heavy atom. The first-order chi connectivity index (χ1) is 12.3. The minimum Gasteiger partial charge on any atom is -0.465 e. The number of alkyl halides is 2. The van der Waals surface area contributed by atoms with Crippen LogP contribution in [0.2, 0.25) is 5.02 Å². The van der Waals surface area contributed by atoms with E-state index in [-0.39, 0.29) is 25.3 Å². The number of cyclic esters (lactones) is 1. The zero-order valence-corrected chi connectivity index (χ0v) is 14.7. The Morgan fingerprint density at radius 2 is 1.96 bits per heavy atom. The second kappa shape index (κ2) is 7.26. The number of benzene rings is 1. The van der Waals surface area contributed by atoms with Crippen LogP contribution >= 0.6 is 11.6 Å². The fourth-order valence-corrected chi connectivity index (χ4v) is 3.69. The van der Waals surface area contributed by atoms with Gasteiger partial charge in [-0.25, -0.2) is 18.4 Å². The summed E-state index contributed by atoms with van der Waals surface area (Å²) in [5.74, 6) is -3.35. The smallest absolute Gasteiger partial charge is 0.410 e. The molecule has 2 aliphatic heterocycles. The first-order valence-corrected chi connectivity index (χ1v) is 8.73. The first kappa shape index (κ1) is 18.7. The van der Waals surface area contributed by atoms with Crippen LogP contribution in [-0.4, -0.2) is 58.8 Å². The molecule has 0 spiro atoms. The number of amides is 2. The standard InChI is InChI=1S/C17H19ClF2N2O4/c18-12-5-3-11(4-6-12)14-17(19,20)9-13(10-22(14)15(23)24)21-7-1-2-8-26-16(21)25/h3-6,13-14H,1-2,7-10H2,(H,23,24)/t13-,14?/m1/s1. The van der Waals surface area contributed by atoms with Gasteiger partial charge in [-0.2, -0.15) is 0 Å². The summed E-state index contributed by atoms with van der Waals surface area (Å²) in [5.41, 5.74) is 0.165. The van der Waals surface area contributed by atoms with Gasteiger partial charge in [-0.05, 0) is 30.5 Å². The van der Waals surface area contributed by atoms with Crippen LogP contribution in [-0.2, 0) is 4.74 Å². The number of carboxylic acid groups (broad SMARTS) is 1. The highest BCUT2D eigenvalue weighted by Gasteiger charge is 2.53. The lowest BCUT2D eigenvalue weighted by molar-refractivity contribution is -0.127.